The first-order valence-corrected chi connectivity index (χ1v) is 8.82. The summed E-state index contributed by atoms with van der Waals surface area (Å²) >= 11 is 0. The van der Waals surface area contributed by atoms with Crippen LogP contribution in [-0.2, 0) is 9.59 Å². The number of aryl methyl sites for hydroxylation is 1. The number of rotatable bonds is 4. The fourth-order valence-corrected chi connectivity index (χ4v) is 3.24. The molecule has 0 bridgehead atoms. The van der Waals surface area contributed by atoms with Crippen LogP contribution in [0.4, 0.5) is 15.8 Å². The zero-order valence-corrected chi connectivity index (χ0v) is 15.1. The summed E-state index contributed by atoms with van der Waals surface area (Å²) in [5.74, 6) is -1.52. The third kappa shape index (κ3) is 3.18. The zero-order valence-electron chi connectivity index (χ0n) is 15.1. The number of nitrogens with one attached hydrogen (secondary N) is 1. The summed E-state index contributed by atoms with van der Waals surface area (Å²) in [5.41, 5.74) is 2.97. The molecule has 138 valence electrons. The number of carbonyl (C=O) groups excluding carboxylic acids is 2. The van der Waals surface area contributed by atoms with Gasteiger partial charge in [-0.1, -0.05) is 48.5 Å². The van der Waals surface area contributed by atoms with Gasteiger partial charge in [0.05, 0.1) is 11.3 Å². The predicted molar refractivity (Wildman–Crippen MR) is 107 cm³/mol. The molecule has 2 amide bonds. The molecule has 4 rings (SSSR count). The zero-order chi connectivity index (χ0) is 19.7. The van der Waals surface area contributed by atoms with E-state index in [1.54, 1.807) is 24.3 Å². The lowest BCUT2D eigenvalue weighted by Gasteiger charge is -2.15. The number of carbonyl (C=O) groups is 2. The molecule has 1 N–H and O–H groups in total. The van der Waals surface area contributed by atoms with Crippen molar-refractivity contribution in [2.75, 3.05) is 10.2 Å². The van der Waals surface area contributed by atoms with Crippen LogP contribution < -0.4 is 10.2 Å². The highest BCUT2D eigenvalue weighted by molar-refractivity contribution is 6.46. The fourth-order valence-electron chi connectivity index (χ4n) is 3.24. The SMILES string of the molecule is Cc1cccc(NC2=C(c3ccccc3)C(=O)N(c3cccc(F)c3)C2=O)c1. The molecule has 0 fully saturated rings. The number of anilines is 2. The van der Waals surface area contributed by atoms with Crippen LogP contribution in [0.3, 0.4) is 0 Å². The van der Waals surface area contributed by atoms with Gasteiger partial charge in [-0.25, -0.2) is 9.29 Å². The van der Waals surface area contributed by atoms with E-state index in [0.717, 1.165) is 10.5 Å². The fraction of sp³-hybridized carbons (Fsp3) is 0.0435. The Morgan fingerprint density at radius 2 is 1.57 bits per heavy atom. The van der Waals surface area contributed by atoms with Crippen LogP contribution in [0.15, 0.2) is 84.6 Å². The van der Waals surface area contributed by atoms with Gasteiger partial charge in [0.1, 0.15) is 11.5 Å². The van der Waals surface area contributed by atoms with E-state index in [-0.39, 0.29) is 17.0 Å². The Balaban J connectivity index is 1.83. The van der Waals surface area contributed by atoms with E-state index in [1.165, 1.54) is 24.3 Å². The summed E-state index contributed by atoms with van der Waals surface area (Å²) in [7, 11) is 0. The largest absolute Gasteiger partial charge is 0.350 e. The summed E-state index contributed by atoms with van der Waals surface area (Å²) in [6.45, 7) is 1.94. The molecule has 0 spiro atoms. The number of halogens is 1. The minimum Gasteiger partial charge on any atom is -0.350 e. The second-order valence-corrected chi connectivity index (χ2v) is 6.54. The first-order chi connectivity index (χ1) is 13.5. The first kappa shape index (κ1) is 17.7. The molecule has 0 saturated heterocycles. The standard InChI is InChI=1S/C23H17FN2O2/c1-15-7-5-11-18(13-15)25-21-20(16-8-3-2-4-9-16)22(27)26(23(21)28)19-12-6-10-17(24)14-19/h2-14,25H,1H3. The van der Waals surface area contributed by atoms with Crippen LogP contribution in [0.25, 0.3) is 5.57 Å². The Kier molecular flexibility index (Phi) is 4.49. The van der Waals surface area contributed by atoms with Crippen molar-refractivity contribution in [1.82, 2.24) is 0 Å². The van der Waals surface area contributed by atoms with E-state index >= 15 is 0 Å². The summed E-state index contributed by atoms with van der Waals surface area (Å²) in [6, 6.07) is 22.0. The Bertz CT molecular complexity index is 1110. The van der Waals surface area contributed by atoms with Gasteiger partial charge < -0.3 is 5.32 Å². The molecule has 1 aliphatic heterocycles. The lowest BCUT2D eigenvalue weighted by molar-refractivity contribution is -0.120. The highest BCUT2D eigenvalue weighted by atomic mass is 19.1. The van der Waals surface area contributed by atoms with Crippen LogP contribution in [0.1, 0.15) is 11.1 Å². The topological polar surface area (TPSA) is 49.4 Å². The predicted octanol–water partition coefficient (Wildman–Crippen LogP) is 4.53. The number of nitrogens with zero attached hydrogens (tertiary/aromatic N) is 1. The van der Waals surface area contributed by atoms with Gasteiger partial charge in [0.25, 0.3) is 11.8 Å². The normalized spacial score (nSPS) is 14.0. The molecule has 0 atom stereocenters. The Morgan fingerprint density at radius 1 is 0.821 bits per heavy atom. The molecule has 1 heterocycles. The molecule has 3 aromatic carbocycles. The maximum Gasteiger partial charge on any atom is 0.282 e. The van der Waals surface area contributed by atoms with Gasteiger partial charge in [-0.15, -0.1) is 0 Å². The summed E-state index contributed by atoms with van der Waals surface area (Å²) in [6.07, 6.45) is 0. The molecule has 4 nitrogen and oxygen atoms in total. The summed E-state index contributed by atoms with van der Waals surface area (Å²) in [4.78, 5) is 27.3. The molecule has 0 radical (unpaired) electrons. The molecule has 0 aromatic heterocycles. The molecule has 28 heavy (non-hydrogen) atoms. The van der Waals surface area contributed by atoms with E-state index in [4.69, 9.17) is 0 Å². The van der Waals surface area contributed by atoms with Crippen molar-refractivity contribution in [3.63, 3.8) is 0 Å². The number of hydrogen-bond acceptors (Lipinski definition) is 3. The van der Waals surface area contributed by atoms with Gasteiger partial charge in [-0.3, -0.25) is 9.59 Å². The van der Waals surface area contributed by atoms with Crippen molar-refractivity contribution in [1.29, 1.82) is 0 Å². The van der Waals surface area contributed by atoms with Crippen molar-refractivity contribution in [2.24, 2.45) is 0 Å². The summed E-state index contributed by atoms with van der Waals surface area (Å²) in [5, 5.41) is 3.10. The Hall–Kier alpha value is -3.73. The molecule has 0 aliphatic carbocycles. The summed E-state index contributed by atoms with van der Waals surface area (Å²) < 4.78 is 13.7. The van der Waals surface area contributed by atoms with Crippen LogP contribution in [-0.4, -0.2) is 11.8 Å². The highest BCUT2D eigenvalue weighted by Gasteiger charge is 2.40. The van der Waals surface area contributed by atoms with Crippen LogP contribution in [0.5, 0.6) is 0 Å². The van der Waals surface area contributed by atoms with Gasteiger partial charge >= 0.3 is 0 Å². The smallest absolute Gasteiger partial charge is 0.282 e. The van der Waals surface area contributed by atoms with E-state index in [9.17, 15) is 14.0 Å². The highest BCUT2D eigenvalue weighted by Crippen LogP contribution is 2.33. The van der Waals surface area contributed by atoms with Crippen molar-refractivity contribution in [3.05, 3.63) is 102 Å². The second-order valence-electron chi connectivity index (χ2n) is 6.54. The van der Waals surface area contributed by atoms with E-state index < -0.39 is 17.6 Å². The lowest BCUT2D eigenvalue weighted by atomic mass is 10.0. The number of hydrogen-bond donors (Lipinski definition) is 1. The van der Waals surface area contributed by atoms with Gasteiger partial charge in [-0.2, -0.15) is 0 Å². The monoisotopic (exact) mass is 372 g/mol. The van der Waals surface area contributed by atoms with E-state index in [1.807, 2.05) is 37.3 Å². The van der Waals surface area contributed by atoms with Gasteiger partial charge in [0.15, 0.2) is 0 Å². The van der Waals surface area contributed by atoms with Crippen LogP contribution in [0.2, 0.25) is 0 Å². The van der Waals surface area contributed by atoms with Crippen molar-refractivity contribution in [2.45, 2.75) is 6.92 Å². The number of imide groups is 1. The van der Waals surface area contributed by atoms with E-state index in [0.29, 0.717) is 11.3 Å². The lowest BCUT2D eigenvalue weighted by Crippen LogP contribution is -2.32. The molecule has 0 unspecified atom stereocenters. The Labute approximate surface area is 161 Å². The molecule has 5 heteroatoms. The third-order valence-electron chi connectivity index (χ3n) is 4.50. The molecule has 3 aromatic rings. The van der Waals surface area contributed by atoms with Crippen molar-refractivity contribution < 1.29 is 14.0 Å². The van der Waals surface area contributed by atoms with Crippen LogP contribution in [0, 0.1) is 12.7 Å². The molecule has 1 aliphatic rings. The average Bonchev–Trinajstić information content (AvgIpc) is 2.92. The number of benzene rings is 3. The minimum atomic E-state index is -0.518. The maximum atomic E-state index is 13.7. The molecular formula is C23H17FN2O2. The maximum absolute atomic E-state index is 13.7. The van der Waals surface area contributed by atoms with Gasteiger partial charge in [0.2, 0.25) is 0 Å². The quantitative estimate of drug-likeness (QED) is 0.685. The van der Waals surface area contributed by atoms with Crippen molar-refractivity contribution >= 4 is 28.8 Å². The van der Waals surface area contributed by atoms with E-state index in [2.05, 4.69) is 5.32 Å². The third-order valence-corrected chi connectivity index (χ3v) is 4.50. The first-order valence-electron chi connectivity index (χ1n) is 8.82. The average molecular weight is 372 g/mol. The molecular weight excluding hydrogens is 355 g/mol. The second kappa shape index (κ2) is 7.12. The van der Waals surface area contributed by atoms with Crippen LogP contribution >= 0.6 is 0 Å². The molecule has 0 saturated carbocycles. The Morgan fingerprint density at radius 3 is 2.29 bits per heavy atom. The van der Waals surface area contributed by atoms with Gasteiger partial charge in [0, 0.05) is 5.69 Å². The van der Waals surface area contributed by atoms with Crippen molar-refractivity contribution in [3.8, 4) is 0 Å². The van der Waals surface area contributed by atoms with Gasteiger partial charge in [-0.05, 0) is 48.4 Å². The number of amides is 2. The minimum absolute atomic E-state index is 0.172.